The van der Waals surface area contributed by atoms with E-state index < -0.39 is 23.5 Å². The average Bonchev–Trinajstić information content (AvgIpc) is 3.52. The lowest BCUT2D eigenvalue weighted by Gasteiger charge is -2.42. The van der Waals surface area contributed by atoms with Gasteiger partial charge in [-0.2, -0.15) is 13.2 Å². The van der Waals surface area contributed by atoms with Crippen LogP contribution in [0.4, 0.5) is 22.7 Å². The van der Waals surface area contributed by atoms with Crippen molar-refractivity contribution in [1.82, 2.24) is 30.3 Å². The minimum atomic E-state index is -4.68. The van der Waals surface area contributed by atoms with Gasteiger partial charge in [0.1, 0.15) is 11.6 Å². The summed E-state index contributed by atoms with van der Waals surface area (Å²) in [5, 5.41) is 15.8. The van der Waals surface area contributed by atoms with Crippen LogP contribution in [0.25, 0.3) is 11.3 Å². The van der Waals surface area contributed by atoms with Gasteiger partial charge in [0.25, 0.3) is 0 Å². The molecule has 0 amide bonds. The standard InChI is InChI=1S/C28H33F4N7O2S/c1-17-4-3-5-38(17)15-23-26(19-8-20(28(30,31)32)10-21(29)9-19)36-27(42-23)35-12-22-11-34-24(13-33-22)39-7-6-37(14-18(39)2)16-25(40)41/h8-13,17-18,33-34H,3-7,14-16H2,1-2H3,(H,40,41)/t17-,18-/m1/s1. The minimum Gasteiger partial charge on any atom is -0.480 e. The van der Waals surface area contributed by atoms with Gasteiger partial charge in [0, 0.05) is 61.1 Å². The van der Waals surface area contributed by atoms with E-state index in [1.54, 1.807) is 12.4 Å². The first kappa shape index (κ1) is 30.0. The van der Waals surface area contributed by atoms with Crippen molar-refractivity contribution in [1.29, 1.82) is 0 Å². The predicted molar refractivity (Wildman–Crippen MR) is 152 cm³/mol. The summed E-state index contributed by atoms with van der Waals surface area (Å²) in [6.45, 7) is 7.47. The maximum Gasteiger partial charge on any atom is 0.416 e. The number of benzene rings is 1. The summed E-state index contributed by atoms with van der Waals surface area (Å²) in [5.41, 5.74) is -0.0340. The Morgan fingerprint density at radius 2 is 1.98 bits per heavy atom. The zero-order chi connectivity index (χ0) is 30.0. The molecule has 14 heteroatoms. The number of hydrogen-bond acceptors (Lipinski definition) is 9. The molecule has 2 atom stereocenters. The normalized spacial score (nSPS) is 22.2. The third-order valence-electron chi connectivity index (χ3n) is 7.67. The summed E-state index contributed by atoms with van der Waals surface area (Å²) >= 11 is 1.28. The molecule has 0 unspecified atom stereocenters. The van der Waals surface area contributed by atoms with Crippen LogP contribution in [0, 0.1) is 5.82 Å². The number of alkyl halides is 3. The zero-order valence-electron chi connectivity index (χ0n) is 23.3. The molecule has 3 aliphatic rings. The number of allylic oxidation sites excluding steroid dienone is 1. The number of nitrogens with zero attached hydrogens (tertiary/aromatic N) is 5. The van der Waals surface area contributed by atoms with Crippen molar-refractivity contribution in [2.24, 2.45) is 4.99 Å². The Bertz CT molecular complexity index is 1410. The Morgan fingerprint density at radius 1 is 1.17 bits per heavy atom. The fourth-order valence-electron chi connectivity index (χ4n) is 5.51. The SMILES string of the molecule is C[C@@H]1CCCN1Cc1sc(N=CC2=CNC(N3CCN(CC(=O)O)C[C@H]3C)=CN2)nc1-c1cc(F)cc(C(F)(F)F)c1. The summed E-state index contributed by atoms with van der Waals surface area (Å²) in [5.74, 6) is -0.966. The Balaban J connectivity index is 1.31. The second-order valence-electron chi connectivity index (χ2n) is 10.8. The Labute approximate surface area is 245 Å². The number of hydrogen-bond donors (Lipinski definition) is 3. The lowest BCUT2D eigenvalue weighted by molar-refractivity contribution is -0.139. The smallest absolute Gasteiger partial charge is 0.416 e. The van der Waals surface area contributed by atoms with E-state index in [0.717, 1.165) is 42.2 Å². The second-order valence-corrected chi connectivity index (χ2v) is 11.9. The minimum absolute atomic E-state index is 0.0172. The molecular formula is C28H33F4N7O2S. The molecule has 3 aliphatic heterocycles. The third kappa shape index (κ3) is 7.10. The van der Waals surface area contributed by atoms with Crippen LogP contribution in [0.3, 0.4) is 0 Å². The van der Waals surface area contributed by atoms with Gasteiger partial charge in [-0.1, -0.05) is 11.3 Å². The maximum atomic E-state index is 14.3. The fourth-order valence-corrected chi connectivity index (χ4v) is 6.46. The van der Waals surface area contributed by atoms with Crippen LogP contribution in [-0.2, 0) is 17.5 Å². The molecule has 1 aromatic carbocycles. The van der Waals surface area contributed by atoms with E-state index in [1.165, 1.54) is 11.3 Å². The van der Waals surface area contributed by atoms with Gasteiger partial charge in [0.05, 0.1) is 29.7 Å². The molecule has 9 nitrogen and oxygen atoms in total. The molecule has 42 heavy (non-hydrogen) atoms. The molecule has 226 valence electrons. The van der Waals surface area contributed by atoms with E-state index in [4.69, 9.17) is 5.11 Å². The van der Waals surface area contributed by atoms with Crippen molar-refractivity contribution in [2.45, 2.75) is 51.5 Å². The molecule has 1 aromatic heterocycles. The topological polar surface area (TPSA) is 96.3 Å². The lowest BCUT2D eigenvalue weighted by Crippen LogP contribution is -2.54. The van der Waals surface area contributed by atoms with Crippen molar-refractivity contribution in [2.75, 3.05) is 32.7 Å². The Kier molecular flexibility index (Phi) is 8.85. The second kappa shape index (κ2) is 12.4. The number of rotatable bonds is 8. The van der Waals surface area contributed by atoms with Gasteiger partial charge in [-0.25, -0.2) is 14.4 Å². The molecule has 0 aliphatic carbocycles. The highest BCUT2D eigenvalue weighted by atomic mass is 32.1. The maximum absolute atomic E-state index is 14.3. The Morgan fingerprint density at radius 3 is 2.62 bits per heavy atom. The molecule has 0 radical (unpaired) electrons. The first-order valence-electron chi connectivity index (χ1n) is 13.8. The van der Waals surface area contributed by atoms with Crippen molar-refractivity contribution >= 4 is 28.7 Å². The summed E-state index contributed by atoms with van der Waals surface area (Å²) in [6, 6.07) is 2.94. The number of carbonyl (C=O) groups is 1. The number of carboxylic acids is 1. The van der Waals surface area contributed by atoms with Crippen LogP contribution in [-0.4, -0.2) is 81.8 Å². The molecule has 2 saturated heterocycles. The summed E-state index contributed by atoms with van der Waals surface area (Å²) in [7, 11) is 0. The van der Waals surface area contributed by atoms with Gasteiger partial charge in [-0.3, -0.25) is 14.6 Å². The van der Waals surface area contributed by atoms with E-state index in [2.05, 4.69) is 37.3 Å². The van der Waals surface area contributed by atoms with Crippen molar-refractivity contribution in [3.8, 4) is 11.3 Å². The molecule has 0 saturated carbocycles. The molecule has 2 fully saturated rings. The van der Waals surface area contributed by atoms with Crippen LogP contribution < -0.4 is 10.6 Å². The number of nitrogens with one attached hydrogen (secondary N) is 2. The molecule has 5 rings (SSSR count). The predicted octanol–water partition coefficient (Wildman–Crippen LogP) is 4.58. The van der Waals surface area contributed by atoms with Crippen LogP contribution in [0.15, 0.2) is 47.1 Å². The number of halogens is 4. The highest BCUT2D eigenvalue weighted by Gasteiger charge is 2.32. The van der Waals surface area contributed by atoms with Crippen molar-refractivity contribution < 1.29 is 27.5 Å². The molecule has 0 spiro atoms. The summed E-state index contributed by atoms with van der Waals surface area (Å²) < 4.78 is 54.6. The molecule has 4 heterocycles. The van der Waals surface area contributed by atoms with Gasteiger partial charge in [0.15, 0.2) is 0 Å². The molecule has 3 N–H and O–H groups in total. The number of aliphatic carboxylic acids is 1. The number of carboxylic acid groups (broad SMARTS) is 1. The van der Waals surface area contributed by atoms with E-state index >= 15 is 0 Å². The van der Waals surface area contributed by atoms with Crippen molar-refractivity contribution in [3.05, 3.63) is 58.4 Å². The highest BCUT2D eigenvalue weighted by molar-refractivity contribution is 7.15. The highest BCUT2D eigenvalue weighted by Crippen LogP contribution is 2.38. The van der Waals surface area contributed by atoms with E-state index in [-0.39, 0.29) is 18.2 Å². The lowest BCUT2D eigenvalue weighted by atomic mass is 10.1. The van der Waals surface area contributed by atoms with Crippen LogP contribution in [0.2, 0.25) is 0 Å². The monoisotopic (exact) mass is 607 g/mol. The number of thiazole rings is 1. The van der Waals surface area contributed by atoms with Gasteiger partial charge in [0.2, 0.25) is 5.13 Å². The van der Waals surface area contributed by atoms with Crippen LogP contribution >= 0.6 is 11.3 Å². The van der Waals surface area contributed by atoms with Gasteiger partial charge in [-0.05, 0) is 51.4 Å². The summed E-state index contributed by atoms with van der Waals surface area (Å²) in [6.07, 6.45) is 2.53. The van der Waals surface area contributed by atoms with Crippen molar-refractivity contribution in [3.63, 3.8) is 0 Å². The van der Waals surface area contributed by atoms with Gasteiger partial charge < -0.3 is 20.6 Å². The van der Waals surface area contributed by atoms with E-state index in [9.17, 15) is 22.4 Å². The average molecular weight is 608 g/mol. The van der Waals surface area contributed by atoms with Gasteiger partial charge in [-0.15, -0.1) is 0 Å². The number of aromatic nitrogens is 1. The molecule has 0 bridgehead atoms. The fraction of sp³-hybridized carbons (Fsp3) is 0.464. The van der Waals surface area contributed by atoms with E-state index in [0.29, 0.717) is 54.8 Å². The summed E-state index contributed by atoms with van der Waals surface area (Å²) in [4.78, 5) is 27.1. The van der Waals surface area contributed by atoms with Crippen LogP contribution in [0.1, 0.15) is 37.1 Å². The third-order valence-corrected chi connectivity index (χ3v) is 8.62. The van der Waals surface area contributed by atoms with E-state index in [1.807, 2.05) is 18.0 Å². The number of likely N-dealkylation sites (tertiary alicyclic amines) is 1. The largest absolute Gasteiger partial charge is 0.480 e. The number of piperazine rings is 1. The molecule has 2 aromatic rings. The molecular weight excluding hydrogens is 574 g/mol. The first-order chi connectivity index (χ1) is 20.0. The first-order valence-corrected chi connectivity index (χ1v) is 14.6. The van der Waals surface area contributed by atoms with Gasteiger partial charge >= 0.3 is 12.1 Å². The quantitative estimate of drug-likeness (QED) is 0.297. The Hall–Kier alpha value is -3.49. The zero-order valence-corrected chi connectivity index (χ0v) is 24.1. The number of aliphatic imine (C=N–C) groups is 1. The van der Waals surface area contributed by atoms with Crippen LogP contribution in [0.5, 0.6) is 0 Å².